The third-order valence-corrected chi connectivity index (χ3v) is 5.68. The number of carbonyl (C=O) groups is 2. The molecule has 2 amide bonds. The van der Waals surface area contributed by atoms with Crippen molar-refractivity contribution in [3.05, 3.63) is 90.0 Å². The lowest BCUT2D eigenvalue weighted by Gasteiger charge is -2.33. The normalized spacial score (nSPS) is 11.8. The van der Waals surface area contributed by atoms with Gasteiger partial charge < -0.3 is 24.4 Å². The van der Waals surface area contributed by atoms with E-state index in [1.54, 1.807) is 43.4 Å². The number of amides is 2. The average molecular weight is 505 g/mol. The number of nitrogens with zero attached hydrogens (tertiary/aromatic N) is 1. The van der Waals surface area contributed by atoms with E-state index < -0.39 is 11.6 Å². The molecule has 0 bridgehead atoms. The molecule has 0 radical (unpaired) electrons. The van der Waals surface area contributed by atoms with Crippen molar-refractivity contribution in [2.24, 2.45) is 0 Å². The van der Waals surface area contributed by atoms with Gasteiger partial charge in [-0.15, -0.1) is 0 Å². The molecule has 0 aliphatic carbocycles. The van der Waals surface area contributed by atoms with Gasteiger partial charge in [0.1, 0.15) is 23.3 Å². The second kappa shape index (κ2) is 12.8. The number of benzene rings is 3. The molecule has 0 saturated carbocycles. The predicted octanol–water partition coefficient (Wildman–Crippen LogP) is 4.64. The molecule has 3 rings (SSSR count). The number of nitrogens with one attached hydrogen (secondary N) is 1. The molecule has 0 heterocycles. The zero-order valence-electron chi connectivity index (χ0n) is 22.2. The molecule has 7 nitrogen and oxygen atoms in total. The topological polar surface area (TPSA) is 77.1 Å². The van der Waals surface area contributed by atoms with Crippen LogP contribution < -0.4 is 19.5 Å². The van der Waals surface area contributed by atoms with E-state index in [1.165, 1.54) is 0 Å². The summed E-state index contributed by atoms with van der Waals surface area (Å²) in [6, 6.07) is 23.4. The minimum absolute atomic E-state index is 0.218. The molecule has 0 aromatic heterocycles. The monoisotopic (exact) mass is 504 g/mol. The molecule has 0 unspecified atom stereocenters. The summed E-state index contributed by atoms with van der Waals surface area (Å²) in [6.07, 6.45) is 0.362. The molecule has 0 fully saturated rings. The van der Waals surface area contributed by atoms with Gasteiger partial charge >= 0.3 is 0 Å². The van der Waals surface area contributed by atoms with Gasteiger partial charge in [-0.2, -0.15) is 0 Å². The second-order valence-electron chi connectivity index (χ2n) is 9.78. The fourth-order valence-electron chi connectivity index (χ4n) is 3.87. The molecule has 3 aromatic carbocycles. The molecule has 0 saturated heterocycles. The molecular formula is C30H36N2O5. The van der Waals surface area contributed by atoms with Crippen molar-refractivity contribution in [2.45, 2.75) is 45.3 Å². The highest BCUT2D eigenvalue weighted by molar-refractivity contribution is 5.89. The first-order valence-corrected chi connectivity index (χ1v) is 12.2. The van der Waals surface area contributed by atoms with Crippen molar-refractivity contribution in [3.8, 4) is 17.2 Å². The maximum atomic E-state index is 13.7. The molecule has 0 aliphatic heterocycles. The van der Waals surface area contributed by atoms with E-state index in [0.29, 0.717) is 23.7 Å². The summed E-state index contributed by atoms with van der Waals surface area (Å²) in [5, 5.41) is 3.06. The Hall–Kier alpha value is -4.00. The Balaban J connectivity index is 1.92. The van der Waals surface area contributed by atoms with Crippen LogP contribution in [0.4, 0.5) is 0 Å². The van der Waals surface area contributed by atoms with Gasteiger partial charge in [0.15, 0.2) is 6.61 Å². The van der Waals surface area contributed by atoms with Crippen molar-refractivity contribution in [2.75, 3.05) is 20.8 Å². The Kier molecular flexibility index (Phi) is 9.55. The van der Waals surface area contributed by atoms with E-state index in [2.05, 4.69) is 5.32 Å². The lowest BCUT2D eigenvalue weighted by Crippen LogP contribution is -2.55. The largest absolute Gasteiger partial charge is 0.497 e. The van der Waals surface area contributed by atoms with Gasteiger partial charge in [0, 0.05) is 18.5 Å². The summed E-state index contributed by atoms with van der Waals surface area (Å²) < 4.78 is 16.4. The van der Waals surface area contributed by atoms with E-state index in [1.807, 2.05) is 75.4 Å². The Bertz CT molecular complexity index is 1160. The molecule has 1 atom stereocenters. The van der Waals surface area contributed by atoms with E-state index >= 15 is 0 Å². The summed E-state index contributed by atoms with van der Waals surface area (Å²) in [6.45, 7) is 5.77. The van der Waals surface area contributed by atoms with Gasteiger partial charge in [0.2, 0.25) is 5.91 Å². The Morgan fingerprint density at radius 1 is 0.811 bits per heavy atom. The van der Waals surface area contributed by atoms with Crippen LogP contribution in [-0.4, -0.2) is 49.1 Å². The van der Waals surface area contributed by atoms with Gasteiger partial charge in [-0.05, 0) is 68.3 Å². The zero-order valence-corrected chi connectivity index (χ0v) is 22.2. The third kappa shape index (κ3) is 8.56. The fraction of sp³-hybridized carbons (Fsp3) is 0.333. The first-order valence-electron chi connectivity index (χ1n) is 12.2. The van der Waals surface area contributed by atoms with Gasteiger partial charge in [-0.25, -0.2) is 0 Å². The van der Waals surface area contributed by atoms with Crippen LogP contribution in [0.25, 0.3) is 0 Å². The third-order valence-electron chi connectivity index (χ3n) is 5.68. The lowest BCUT2D eigenvalue weighted by molar-refractivity contribution is -0.143. The van der Waals surface area contributed by atoms with Crippen molar-refractivity contribution in [1.29, 1.82) is 0 Å². The van der Waals surface area contributed by atoms with Crippen LogP contribution >= 0.6 is 0 Å². The molecule has 7 heteroatoms. The summed E-state index contributed by atoms with van der Waals surface area (Å²) in [5.41, 5.74) is 1.34. The molecule has 37 heavy (non-hydrogen) atoms. The summed E-state index contributed by atoms with van der Waals surface area (Å²) in [5.74, 6) is 1.38. The summed E-state index contributed by atoms with van der Waals surface area (Å²) in [4.78, 5) is 28.8. The van der Waals surface area contributed by atoms with Crippen LogP contribution in [0.1, 0.15) is 31.9 Å². The highest BCUT2D eigenvalue weighted by atomic mass is 16.5. The Morgan fingerprint density at radius 3 is 2.05 bits per heavy atom. The quantitative estimate of drug-likeness (QED) is 0.412. The molecule has 196 valence electrons. The van der Waals surface area contributed by atoms with Crippen LogP contribution in [0.3, 0.4) is 0 Å². The van der Waals surface area contributed by atoms with Crippen LogP contribution in [0.2, 0.25) is 0 Å². The van der Waals surface area contributed by atoms with Gasteiger partial charge in [0.25, 0.3) is 5.91 Å². The number of methoxy groups -OCH3 is 2. The molecule has 3 aromatic rings. The molecule has 0 aliphatic rings. The minimum atomic E-state index is -0.750. The average Bonchev–Trinajstić information content (AvgIpc) is 2.89. The molecule has 1 N–H and O–H groups in total. The minimum Gasteiger partial charge on any atom is -0.497 e. The van der Waals surface area contributed by atoms with Crippen LogP contribution in [0.15, 0.2) is 78.9 Å². The van der Waals surface area contributed by atoms with Gasteiger partial charge in [-0.3, -0.25) is 9.59 Å². The van der Waals surface area contributed by atoms with Crippen molar-refractivity contribution in [3.63, 3.8) is 0 Å². The smallest absolute Gasteiger partial charge is 0.261 e. The highest BCUT2D eigenvalue weighted by Crippen LogP contribution is 2.21. The number of ether oxygens (including phenoxy) is 3. The number of hydrogen-bond acceptors (Lipinski definition) is 5. The number of hydrogen-bond donors (Lipinski definition) is 1. The fourth-order valence-corrected chi connectivity index (χ4v) is 3.87. The maximum absolute atomic E-state index is 13.7. The summed E-state index contributed by atoms with van der Waals surface area (Å²) >= 11 is 0. The highest BCUT2D eigenvalue weighted by Gasteiger charge is 2.32. The predicted molar refractivity (Wildman–Crippen MR) is 144 cm³/mol. The standard InChI is InChI=1S/C30H36N2O5/c1-30(2,3)31-29(34)27(19-22-10-7-6-8-11-22)32(20-23-12-9-13-26(18-23)36-5)28(33)21-37-25-16-14-24(35-4)15-17-25/h6-18,27H,19-21H2,1-5H3,(H,31,34)/t27-/m0/s1. The zero-order chi connectivity index (χ0) is 26.8. The first kappa shape index (κ1) is 27.6. The number of rotatable bonds is 11. The van der Waals surface area contributed by atoms with E-state index in [0.717, 1.165) is 11.1 Å². The van der Waals surface area contributed by atoms with Crippen molar-refractivity contribution >= 4 is 11.8 Å². The SMILES string of the molecule is COc1ccc(OCC(=O)N(Cc2cccc(OC)c2)[C@@H](Cc2ccccc2)C(=O)NC(C)(C)C)cc1. The molecular weight excluding hydrogens is 468 g/mol. The van der Waals surface area contributed by atoms with Crippen LogP contribution in [0, 0.1) is 0 Å². The van der Waals surface area contributed by atoms with Crippen LogP contribution in [0.5, 0.6) is 17.2 Å². The van der Waals surface area contributed by atoms with Gasteiger partial charge in [0.05, 0.1) is 14.2 Å². The molecule has 0 spiro atoms. The van der Waals surface area contributed by atoms with Crippen LogP contribution in [-0.2, 0) is 22.6 Å². The first-order chi connectivity index (χ1) is 17.7. The summed E-state index contributed by atoms with van der Waals surface area (Å²) in [7, 11) is 3.19. The van der Waals surface area contributed by atoms with E-state index in [-0.39, 0.29) is 25.0 Å². The Labute approximate surface area is 219 Å². The van der Waals surface area contributed by atoms with E-state index in [9.17, 15) is 9.59 Å². The second-order valence-corrected chi connectivity index (χ2v) is 9.78. The maximum Gasteiger partial charge on any atom is 0.261 e. The Morgan fingerprint density at radius 2 is 1.43 bits per heavy atom. The van der Waals surface area contributed by atoms with E-state index in [4.69, 9.17) is 14.2 Å². The van der Waals surface area contributed by atoms with Crippen molar-refractivity contribution in [1.82, 2.24) is 10.2 Å². The van der Waals surface area contributed by atoms with Crippen molar-refractivity contribution < 1.29 is 23.8 Å². The number of carbonyl (C=O) groups excluding carboxylic acids is 2. The van der Waals surface area contributed by atoms with Gasteiger partial charge in [-0.1, -0.05) is 42.5 Å². The lowest BCUT2D eigenvalue weighted by atomic mass is 10.0.